The van der Waals surface area contributed by atoms with E-state index in [-0.39, 0.29) is 5.91 Å². The normalized spacial score (nSPS) is 22.0. The second-order valence-corrected chi connectivity index (χ2v) is 4.09. The molecule has 0 aliphatic carbocycles. The summed E-state index contributed by atoms with van der Waals surface area (Å²) < 4.78 is 0. The summed E-state index contributed by atoms with van der Waals surface area (Å²) in [7, 11) is 1.87. The summed E-state index contributed by atoms with van der Waals surface area (Å²) in [4.78, 5) is 13.3. The van der Waals surface area contributed by atoms with Gasteiger partial charge in [-0.3, -0.25) is 4.79 Å². The molecule has 0 aromatic carbocycles. The van der Waals surface area contributed by atoms with Crippen molar-refractivity contribution in [3.63, 3.8) is 0 Å². The summed E-state index contributed by atoms with van der Waals surface area (Å²) in [5, 5.41) is 3.46. The zero-order valence-electron chi connectivity index (χ0n) is 9.38. The Morgan fingerprint density at radius 1 is 1.50 bits per heavy atom. The van der Waals surface area contributed by atoms with E-state index in [1.165, 1.54) is 19.3 Å². The topological polar surface area (TPSA) is 32.3 Å². The molecular formula is C11H22N2O. The van der Waals surface area contributed by atoms with Crippen molar-refractivity contribution in [3.8, 4) is 0 Å². The Bertz CT molecular complexity index is 176. The molecule has 0 saturated carbocycles. The standard InChI is InChI=1S/C11H22N2O/c1-3-13(2)11(14)8-7-10-6-4-5-9-12-10/h10,12H,3-9H2,1-2H3. The monoisotopic (exact) mass is 198 g/mol. The maximum atomic E-state index is 11.5. The van der Waals surface area contributed by atoms with E-state index in [9.17, 15) is 4.79 Å². The van der Waals surface area contributed by atoms with Gasteiger partial charge < -0.3 is 10.2 Å². The summed E-state index contributed by atoms with van der Waals surface area (Å²) in [6.45, 7) is 3.95. The minimum atomic E-state index is 0.278. The number of amides is 1. The lowest BCUT2D eigenvalue weighted by Crippen LogP contribution is -2.35. The van der Waals surface area contributed by atoms with Crippen LogP contribution in [0.4, 0.5) is 0 Å². The van der Waals surface area contributed by atoms with Gasteiger partial charge in [-0.05, 0) is 32.7 Å². The molecule has 0 radical (unpaired) electrons. The van der Waals surface area contributed by atoms with Crippen molar-refractivity contribution in [2.24, 2.45) is 0 Å². The number of hydrogen-bond donors (Lipinski definition) is 1. The second kappa shape index (κ2) is 6.02. The van der Waals surface area contributed by atoms with E-state index in [4.69, 9.17) is 0 Å². The molecule has 1 heterocycles. The average molecular weight is 198 g/mol. The maximum Gasteiger partial charge on any atom is 0.222 e. The molecule has 1 N–H and O–H groups in total. The van der Waals surface area contributed by atoms with Crippen molar-refractivity contribution in [1.29, 1.82) is 0 Å². The first-order valence-corrected chi connectivity index (χ1v) is 5.71. The predicted octanol–water partition coefficient (Wildman–Crippen LogP) is 1.39. The summed E-state index contributed by atoms with van der Waals surface area (Å²) in [6.07, 6.45) is 5.54. The molecule has 0 spiro atoms. The largest absolute Gasteiger partial charge is 0.346 e. The van der Waals surface area contributed by atoms with Gasteiger partial charge in [-0.1, -0.05) is 6.42 Å². The first kappa shape index (κ1) is 11.5. The SMILES string of the molecule is CCN(C)C(=O)CCC1CCCCN1. The number of carbonyl (C=O) groups excluding carboxylic acids is 1. The molecule has 14 heavy (non-hydrogen) atoms. The molecule has 1 fully saturated rings. The maximum absolute atomic E-state index is 11.5. The highest BCUT2D eigenvalue weighted by Gasteiger charge is 2.14. The van der Waals surface area contributed by atoms with Crippen LogP contribution in [0, 0.1) is 0 Å². The lowest BCUT2D eigenvalue weighted by atomic mass is 10.0. The molecule has 1 atom stereocenters. The zero-order chi connectivity index (χ0) is 10.4. The Hall–Kier alpha value is -0.570. The zero-order valence-corrected chi connectivity index (χ0v) is 9.38. The quantitative estimate of drug-likeness (QED) is 0.740. The summed E-state index contributed by atoms with van der Waals surface area (Å²) in [5.41, 5.74) is 0. The van der Waals surface area contributed by atoms with Crippen LogP contribution in [0.3, 0.4) is 0 Å². The Balaban J connectivity index is 2.15. The van der Waals surface area contributed by atoms with Crippen LogP contribution in [0.5, 0.6) is 0 Å². The van der Waals surface area contributed by atoms with Gasteiger partial charge in [0.1, 0.15) is 0 Å². The van der Waals surface area contributed by atoms with Crippen LogP contribution in [0.1, 0.15) is 39.0 Å². The van der Waals surface area contributed by atoms with E-state index < -0.39 is 0 Å². The Morgan fingerprint density at radius 2 is 2.29 bits per heavy atom. The van der Waals surface area contributed by atoms with E-state index >= 15 is 0 Å². The minimum absolute atomic E-state index is 0.278. The van der Waals surface area contributed by atoms with E-state index in [1.807, 2.05) is 14.0 Å². The third-order valence-corrected chi connectivity index (χ3v) is 3.02. The molecule has 1 aliphatic heterocycles. The molecule has 3 heteroatoms. The summed E-state index contributed by atoms with van der Waals surface area (Å²) in [6, 6.07) is 0.581. The molecule has 1 rings (SSSR count). The van der Waals surface area contributed by atoms with Crippen LogP contribution in [0.25, 0.3) is 0 Å². The third-order valence-electron chi connectivity index (χ3n) is 3.02. The smallest absolute Gasteiger partial charge is 0.222 e. The second-order valence-electron chi connectivity index (χ2n) is 4.09. The Kier molecular flexibility index (Phi) is 4.94. The average Bonchev–Trinajstić information content (AvgIpc) is 2.26. The number of nitrogens with zero attached hydrogens (tertiary/aromatic N) is 1. The van der Waals surface area contributed by atoms with Crippen molar-refractivity contribution >= 4 is 5.91 Å². The van der Waals surface area contributed by atoms with Gasteiger partial charge >= 0.3 is 0 Å². The lowest BCUT2D eigenvalue weighted by molar-refractivity contribution is -0.129. The van der Waals surface area contributed by atoms with Crippen molar-refractivity contribution < 1.29 is 4.79 Å². The van der Waals surface area contributed by atoms with Crippen molar-refractivity contribution in [1.82, 2.24) is 10.2 Å². The molecule has 1 aliphatic rings. The number of carbonyl (C=O) groups is 1. The Labute approximate surface area is 86.9 Å². The van der Waals surface area contributed by atoms with Gasteiger partial charge in [-0.2, -0.15) is 0 Å². The van der Waals surface area contributed by atoms with Crippen LogP contribution >= 0.6 is 0 Å². The molecule has 1 unspecified atom stereocenters. The number of rotatable bonds is 4. The molecule has 1 amide bonds. The highest BCUT2D eigenvalue weighted by atomic mass is 16.2. The molecule has 0 aromatic heterocycles. The first-order chi connectivity index (χ1) is 6.74. The van der Waals surface area contributed by atoms with Crippen molar-refractivity contribution in [2.45, 2.75) is 45.1 Å². The molecule has 0 bridgehead atoms. The molecule has 0 aromatic rings. The number of hydrogen-bond acceptors (Lipinski definition) is 2. The van der Waals surface area contributed by atoms with E-state index in [1.54, 1.807) is 4.90 Å². The van der Waals surface area contributed by atoms with Gasteiger partial charge in [0, 0.05) is 26.1 Å². The van der Waals surface area contributed by atoms with Crippen molar-refractivity contribution in [2.75, 3.05) is 20.1 Å². The van der Waals surface area contributed by atoms with Crippen LogP contribution in [-0.4, -0.2) is 37.0 Å². The highest BCUT2D eigenvalue weighted by molar-refractivity contribution is 5.75. The van der Waals surface area contributed by atoms with Crippen LogP contribution in [0.2, 0.25) is 0 Å². The van der Waals surface area contributed by atoms with Gasteiger partial charge in [0.2, 0.25) is 5.91 Å². The fourth-order valence-corrected chi connectivity index (χ4v) is 1.84. The summed E-state index contributed by atoms with van der Waals surface area (Å²) in [5.74, 6) is 0.278. The van der Waals surface area contributed by atoms with E-state index in [2.05, 4.69) is 5.32 Å². The fraction of sp³-hybridized carbons (Fsp3) is 0.909. The van der Waals surface area contributed by atoms with Crippen LogP contribution in [-0.2, 0) is 4.79 Å². The number of nitrogens with one attached hydrogen (secondary N) is 1. The van der Waals surface area contributed by atoms with Gasteiger partial charge in [-0.25, -0.2) is 0 Å². The molecule has 82 valence electrons. The fourth-order valence-electron chi connectivity index (χ4n) is 1.84. The lowest BCUT2D eigenvalue weighted by Gasteiger charge is -2.24. The van der Waals surface area contributed by atoms with Gasteiger partial charge in [0.05, 0.1) is 0 Å². The summed E-state index contributed by atoms with van der Waals surface area (Å²) >= 11 is 0. The predicted molar refractivity (Wildman–Crippen MR) is 58.2 cm³/mol. The molecule has 3 nitrogen and oxygen atoms in total. The van der Waals surface area contributed by atoms with Crippen LogP contribution in [0.15, 0.2) is 0 Å². The minimum Gasteiger partial charge on any atom is -0.346 e. The third kappa shape index (κ3) is 3.66. The van der Waals surface area contributed by atoms with Gasteiger partial charge in [0.25, 0.3) is 0 Å². The highest BCUT2D eigenvalue weighted by Crippen LogP contribution is 2.12. The van der Waals surface area contributed by atoms with Gasteiger partial charge in [0.15, 0.2) is 0 Å². The van der Waals surface area contributed by atoms with Gasteiger partial charge in [-0.15, -0.1) is 0 Å². The van der Waals surface area contributed by atoms with E-state index in [0.717, 1.165) is 19.5 Å². The Morgan fingerprint density at radius 3 is 2.86 bits per heavy atom. The van der Waals surface area contributed by atoms with Crippen molar-refractivity contribution in [3.05, 3.63) is 0 Å². The molecule has 1 saturated heterocycles. The first-order valence-electron chi connectivity index (χ1n) is 5.71. The number of piperidine rings is 1. The van der Waals surface area contributed by atoms with Crippen LogP contribution < -0.4 is 5.32 Å². The molecular weight excluding hydrogens is 176 g/mol. The van der Waals surface area contributed by atoms with E-state index in [0.29, 0.717) is 12.5 Å².